The Morgan fingerprint density at radius 2 is 1.87 bits per heavy atom. The molecule has 0 atom stereocenters. The lowest BCUT2D eigenvalue weighted by atomic mass is 10.1. The minimum absolute atomic E-state index is 0.137. The summed E-state index contributed by atoms with van der Waals surface area (Å²) in [6.07, 6.45) is 1.29. The predicted molar refractivity (Wildman–Crippen MR) is 111 cm³/mol. The molecule has 0 spiro atoms. The van der Waals surface area contributed by atoms with E-state index in [0.717, 1.165) is 4.90 Å². The molecule has 0 aromatic heterocycles. The number of ether oxygens (including phenoxy) is 2. The van der Waals surface area contributed by atoms with Gasteiger partial charge in [-0.15, -0.1) is 0 Å². The van der Waals surface area contributed by atoms with Crippen LogP contribution in [0.15, 0.2) is 48.0 Å². The lowest BCUT2D eigenvalue weighted by Crippen LogP contribution is -2.54. The summed E-state index contributed by atoms with van der Waals surface area (Å²) in [6, 6.07) is 9.80. The molecule has 10 heteroatoms. The molecule has 1 aliphatic heterocycles. The molecule has 0 saturated carbocycles. The molecule has 3 rings (SSSR count). The second kappa shape index (κ2) is 9.31. The van der Waals surface area contributed by atoms with Gasteiger partial charge in [-0.1, -0.05) is 29.8 Å². The number of nitrogens with one attached hydrogen (secondary N) is 1. The van der Waals surface area contributed by atoms with Crippen molar-refractivity contribution in [2.24, 2.45) is 0 Å². The number of benzene rings is 2. The molecular weight excluding hydrogens is 428 g/mol. The maximum absolute atomic E-state index is 13.0. The summed E-state index contributed by atoms with van der Waals surface area (Å²) in [5.41, 5.74) is 0.247. The first kappa shape index (κ1) is 21.8. The molecule has 2 aromatic carbocycles. The second-order valence-electron chi connectivity index (χ2n) is 6.23. The average molecular weight is 445 g/mol. The minimum atomic E-state index is -1.15. The summed E-state index contributed by atoms with van der Waals surface area (Å²) in [4.78, 5) is 49.1. The summed E-state index contributed by atoms with van der Waals surface area (Å²) < 4.78 is 10.6. The van der Waals surface area contributed by atoms with Crippen LogP contribution in [-0.2, 0) is 14.4 Å². The molecule has 2 aromatic rings. The van der Waals surface area contributed by atoms with E-state index in [-0.39, 0.29) is 34.4 Å². The number of halogens is 1. The van der Waals surface area contributed by atoms with Gasteiger partial charge in [-0.3, -0.25) is 14.9 Å². The number of nitrogens with zero attached hydrogens (tertiary/aromatic N) is 1. The number of carboxylic acids is 1. The first-order valence-corrected chi connectivity index (χ1v) is 9.47. The first-order valence-electron chi connectivity index (χ1n) is 9.09. The number of aliphatic carboxylic acids is 1. The molecule has 1 saturated heterocycles. The van der Waals surface area contributed by atoms with Gasteiger partial charge in [-0.05, 0) is 42.8 Å². The van der Waals surface area contributed by atoms with Crippen molar-refractivity contribution >= 4 is 47.2 Å². The van der Waals surface area contributed by atoms with Gasteiger partial charge in [0.05, 0.1) is 17.3 Å². The number of barbiturate groups is 1. The van der Waals surface area contributed by atoms with Crippen LogP contribution in [-0.4, -0.2) is 42.1 Å². The second-order valence-corrected chi connectivity index (χ2v) is 6.64. The van der Waals surface area contributed by atoms with Gasteiger partial charge in [0.15, 0.2) is 18.1 Å². The van der Waals surface area contributed by atoms with Crippen LogP contribution in [0.2, 0.25) is 5.02 Å². The topological polar surface area (TPSA) is 122 Å². The van der Waals surface area contributed by atoms with Gasteiger partial charge in [-0.2, -0.15) is 0 Å². The quantitative estimate of drug-likeness (QED) is 0.497. The smallest absolute Gasteiger partial charge is 0.341 e. The van der Waals surface area contributed by atoms with Crippen molar-refractivity contribution in [2.75, 3.05) is 18.1 Å². The summed E-state index contributed by atoms with van der Waals surface area (Å²) in [5.74, 6) is -2.42. The number of para-hydroxylation sites is 1. The molecule has 1 fully saturated rings. The fraction of sp³-hybridized carbons (Fsp3) is 0.143. The van der Waals surface area contributed by atoms with Crippen molar-refractivity contribution in [1.82, 2.24) is 5.32 Å². The fourth-order valence-electron chi connectivity index (χ4n) is 2.82. The number of urea groups is 1. The van der Waals surface area contributed by atoms with Gasteiger partial charge < -0.3 is 14.6 Å². The Morgan fingerprint density at radius 3 is 2.55 bits per heavy atom. The fourth-order valence-corrected chi connectivity index (χ4v) is 3.04. The van der Waals surface area contributed by atoms with Crippen molar-refractivity contribution in [1.29, 1.82) is 0 Å². The summed E-state index contributed by atoms with van der Waals surface area (Å²) in [5, 5.41) is 11.1. The van der Waals surface area contributed by atoms with Crippen LogP contribution in [0.4, 0.5) is 10.5 Å². The van der Waals surface area contributed by atoms with Crippen LogP contribution < -0.4 is 19.7 Å². The lowest BCUT2D eigenvalue weighted by Gasteiger charge is -2.27. The summed E-state index contributed by atoms with van der Waals surface area (Å²) in [6.45, 7) is 1.45. The van der Waals surface area contributed by atoms with E-state index < -0.39 is 30.4 Å². The number of anilines is 1. The zero-order chi connectivity index (χ0) is 22.5. The van der Waals surface area contributed by atoms with E-state index >= 15 is 0 Å². The number of rotatable bonds is 7. The lowest BCUT2D eigenvalue weighted by molar-refractivity contribution is -0.139. The van der Waals surface area contributed by atoms with Gasteiger partial charge in [0, 0.05) is 0 Å². The Balaban J connectivity index is 1.97. The Hall–Kier alpha value is -3.85. The van der Waals surface area contributed by atoms with Crippen LogP contribution >= 0.6 is 11.6 Å². The Labute approximate surface area is 181 Å². The van der Waals surface area contributed by atoms with Gasteiger partial charge in [0.2, 0.25) is 0 Å². The number of hydrogen-bond acceptors (Lipinski definition) is 6. The third-order valence-corrected chi connectivity index (χ3v) is 4.44. The monoisotopic (exact) mass is 444 g/mol. The molecule has 0 radical (unpaired) electrons. The van der Waals surface area contributed by atoms with Crippen molar-refractivity contribution in [2.45, 2.75) is 6.92 Å². The molecule has 0 unspecified atom stereocenters. The van der Waals surface area contributed by atoms with Crippen molar-refractivity contribution in [3.8, 4) is 11.5 Å². The molecule has 0 bridgehead atoms. The molecule has 2 N–H and O–H groups in total. The number of amides is 4. The predicted octanol–water partition coefficient (Wildman–Crippen LogP) is 2.87. The normalized spacial score (nSPS) is 15.1. The van der Waals surface area contributed by atoms with Crippen molar-refractivity contribution in [3.63, 3.8) is 0 Å². The largest absolute Gasteiger partial charge is 0.490 e. The van der Waals surface area contributed by atoms with Gasteiger partial charge >= 0.3 is 12.0 Å². The van der Waals surface area contributed by atoms with Gasteiger partial charge in [0.25, 0.3) is 11.8 Å². The third-order valence-electron chi connectivity index (χ3n) is 4.12. The van der Waals surface area contributed by atoms with Crippen LogP contribution in [0, 0.1) is 0 Å². The highest BCUT2D eigenvalue weighted by molar-refractivity contribution is 6.42. The molecule has 1 aliphatic rings. The molecule has 0 aliphatic carbocycles. The van der Waals surface area contributed by atoms with E-state index in [1.54, 1.807) is 19.1 Å². The maximum Gasteiger partial charge on any atom is 0.341 e. The number of carbonyl (C=O) groups is 4. The van der Waals surface area contributed by atoms with E-state index in [1.807, 2.05) is 0 Å². The molecular formula is C21H17ClN2O7. The summed E-state index contributed by atoms with van der Waals surface area (Å²) >= 11 is 6.11. The van der Waals surface area contributed by atoms with Gasteiger partial charge in [-0.25, -0.2) is 14.5 Å². The maximum atomic E-state index is 13.0. The van der Waals surface area contributed by atoms with Gasteiger partial charge in [0.1, 0.15) is 5.57 Å². The standard InChI is InChI=1S/C21H17ClN2O7/c1-2-30-17-10-12(7-8-16(17)31-11-18(25)26)9-13-19(27)23-21(29)24(20(13)28)15-6-4-3-5-14(15)22/h3-10H,2,11H2,1H3,(H,25,26)(H,23,27,29)/b13-9-. The Bertz CT molecular complexity index is 1100. The van der Waals surface area contributed by atoms with E-state index in [9.17, 15) is 19.2 Å². The summed E-state index contributed by atoms with van der Waals surface area (Å²) in [7, 11) is 0. The highest BCUT2D eigenvalue weighted by Gasteiger charge is 2.37. The molecule has 9 nitrogen and oxygen atoms in total. The van der Waals surface area contributed by atoms with Crippen LogP contribution in [0.3, 0.4) is 0 Å². The average Bonchev–Trinajstić information content (AvgIpc) is 2.72. The molecule has 1 heterocycles. The Morgan fingerprint density at radius 1 is 1.13 bits per heavy atom. The zero-order valence-electron chi connectivity index (χ0n) is 16.3. The zero-order valence-corrected chi connectivity index (χ0v) is 17.0. The van der Waals surface area contributed by atoms with E-state index in [4.69, 9.17) is 26.2 Å². The highest BCUT2D eigenvalue weighted by Crippen LogP contribution is 2.31. The number of carbonyl (C=O) groups excluding carboxylic acids is 3. The number of imide groups is 2. The molecule has 160 valence electrons. The van der Waals surface area contributed by atoms with E-state index in [1.165, 1.54) is 36.4 Å². The van der Waals surface area contributed by atoms with Crippen molar-refractivity contribution < 1.29 is 33.8 Å². The van der Waals surface area contributed by atoms with Crippen LogP contribution in [0.25, 0.3) is 6.08 Å². The molecule has 31 heavy (non-hydrogen) atoms. The van der Waals surface area contributed by atoms with Crippen LogP contribution in [0.1, 0.15) is 12.5 Å². The number of hydrogen-bond donors (Lipinski definition) is 2. The minimum Gasteiger partial charge on any atom is -0.490 e. The van der Waals surface area contributed by atoms with E-state index in [2.05, 4.69) is 5.32 Å². The van der Waals surface area contributed by atoms with E-state index in [0.29, 0.717) is 5.56 Å². The highest BCUT2D eigenvalue weighted by atomic mass is 35.5. The van der Waals surface area contributed by atoms with Crippen molar-refractivity contribution in [3.05, 3.63) is 58.6 Å². The third kappa shape index (κ3) is 4.84. The number of carboxylic acid groups (broad SMARTS) is 1. The first-order chi connectivity index (χ1) is 14.8. The SMILES string of the molecule is CCOc1cc(/C=C2/C(=O)NC(=O)N(c3ccccc3Cl)C2=O)ccc1OCC(=O)O. The van der Waals surface area contributed by atoms with Crippen LogP contribution in [0.5, 0.6) is 11.5 Å². The molecule has 4 amide bonds. The Kier molecular flexibility index (Phi) is 6.56.